The van der Waals surface area contributed by atoms with Crippen LogP contribution in [0.25, 0.3) is 0 Å². The molecular formula is H3O5PTiZn. The summed E-state index contributed by atoms with van der Waals surface area (Å²) in [6.45, 7) is 0. The zero-order valence-electron chi connectivity index (χ0n) is 3.81. The Morgan fingerprint density at radius 3 is 1.12 bits per heavy atom. The van der Waals surface area contributed by atoms with Crippen LogP contribution in [-0.2, 0) is 50.5 Å². The summed E-state index contributed by atoms with van der Waals surface area (Å²) in [5.74, 6) is 0. The molecule has 0 radical (unpaired) electrons. The van der Waals surface area contributed by atoms with Gasteiger partial charge in [-0.2, -0.15) is 0 Å². The Labute approximate surface area is 72.9 Å². The van der Waals surface area contributed by atoms with Gasteiger partial charge in [0.05, 0.1) is 0 Å². The van der Waals surface area contributed by atoms with E-state index < -0.39 is 7.74 Å². The van der Waals surface area contributed by atoms with Crippen molar-refractivity contribution in [1.82, 2.24) is 0 Å². The van der Waals surface area contributed by atoms with Crippen molar-refractivity contribution >= 4 is 7.74 Å². The van der Waals surface area contributed by atoms with Gasteiger partial charge in [0.15, 0.2) is 0 Å². The molecule has 1 saturated heterocycles. The molecule has 3 N–H and O–H groups in total. The van der Waals surface area contributed by atoms with E-state index in [1.165, 1.54) is 0 Å². The smallest absolute Gasteiger partial charge is 0 e. The van der Waals surface area contributed by atoms with Crippen LogP contribution in [0.5, 0.6) is 0 Å². The summed E-state index contributed by atoms with van der Waals surface area (Å²) in [5, 5.41) is 0. The van der Waals surface area contributed by atoms with Crippen LogP contribution in [-0.4, -0.2) is 14.7 Å². The van der Waals surface area contributed by atoms with Crippen LogP contribution in [0.15, 0.2) is 0 Å². The van der Waals surface area contributed by atoms with Crippen LogP contribution in [0.2, 0.25) is 0 Å². The van der Waals surface area contributed by atoms with Crippen molar-refractivity contribution in [1.29, 1.82) is 0 Å². The van der Waals surface area contributed by atoms with Gasteiger partial charge >= 0.3 is 31.8 Å². The van der Waals surface area contributed by atoms with Gasteiger partial charge in [0, 0.05) is 41.2 Å². The molecule has 0 saturated carbocycles. The number of rotatable bonds is 0. The molecule has 0 aliphatic carbocycles. The maximum Gasteiger partial charge on any atom is 0 e. The van der Waals surface area contributed by atoms with Gasteiger partial charge in [0.2, 0.25) is 0 Å². The number of hydrogen-bond acceptors (Lipinski definition) is 5. The van der Waals surface area contributed by atoms with Gasteiger partial charge in [0.25, 0.3) is 0 Å². The van der Waals surface area contributed by atoms with Crippen LogP contribution >= 0.6 is 7.74 Å². The molecule has 1 heterocycles. The molecule has 8 heteroatoms. The second-order valence-corrected chi connectivity index (χ2v) is 2.95. The van der Waals surface area contributed by atoms with Gasteiger partial charge in [-0.25, -0.2) is 0 Å². The molecule has 0 aromatic heterocycles. The van der Waals surface area contributed by atoms with Crippen molar-refractivity contribution in [3.63, 3.8) is 0 Å². The molecule has 1 fully saturated rings. The molecule has 1 rings (SSSR count). The average molecular weight is 227 g/mol. The minimum Gasteiger partial charge on any atom is 0 e. The molecule has 0 unspecified atom stereocenters. The normalized spacial score (nSPS) is 32.1. The Morgan fingerprint density at radius 1 is 1.00 bits per heavy atom. The minimum absolute atomic E-state index is 0. The molecule has 0 spiro atoms. The third-order valence-electron chi connectivity index (χ3n) is 0.275. The standard InChI is InChI=1S/H3O5P.Ti.Zn/c1-6(2,3)4-5-6;;/h1-3H;;. The molecule has 8 heavy (non-hydrogen) atoms. The Balaban J connectivity index is 0. The van der Waals surface area contributed by atoms with E-state index in [9.17, 15) is 0 Å². The first-order chi connectivity index (χ1) is 2.47. The van der Waals surface area contributed by atoms with Crippen molar-refractivity contribution < 1.29 is 65.2 Å². The third-order valence-corrected chi connectivity index (χ3v) is 0.824. The van der Waals surface area contributed by atoms with Crippen molar-refractivity contribution in [2.75, 3.05) is 0 Å². The fraction of sp³-hybridized carbons (Fsp3) is 0. The van der Waals surface area contributed by atoms with Crippen molar-refractivity contribution in [3.05, 3.63) is 0 Å². The summed E-state index contributed by atoms with van der Waals surface area (Å²) >= 11 is 0. The molecule has 1 aliphatic heterocycles. The van der Waals surface area contributed by atoms with Gasteiger partial charge in [-0.15, -0.1) is 0 Å². The zero-order chi connectivity index (χ0) is 4.86. The summed E-state index contributed by atoms with van der Waals surface area (Å²) in [7, 11) is -4.80. The van der Waals surface area contributed by atoms with Crippen LogP contribution < -0.4 is 0 Å². The van der Waals surface area contributed by atoms with E-state index in [0.717, 1.165) is 0 Å². The van der Waals surface area contributed by atoms with Gasteiger partial charge < -0.3 is 0 Å². The van der Waals surface area contributed by atoms with Crippen LogP contribution in [0.3, 0.4) is 0 Å². The second kappa shape index (κ2) is 2.67. The Kier molecular flexibility index (Phi) is 4.09. The van der Waals surface area contributed by atoms with E-state index >= 15 is 0 Å². The second-order valence-electron chi connectivity index (χ2n) is 0.982. The van der Waals surface area contributed by atoms with Crippen molar-refractivity contribution in [2.24, 2.45) is 0 Å². The predicted octanol–water partition coefficient (Wildman–Crippen LogP) is -0.952. The molecular weight excluding hydrogens is 224 g/mol. The SMILES string of the molecule is OP1(O)(O)OO1.[Ti].[Zn]. The molecule has 0 atom stereocenters. The summed E-state index contributed by atoms with van der Waals surface area (Å²) in [4.78, 5) is 23.7. The largest absolute Gasteiger partial charge is 0 e. The molecule has 0 amide bonds. The van der Waals surface area contributed by atoms with Gasteiger partial charge in [0.1, 0.15) is 0 Å². The number of hydrogen-bond donors (Lipinski definition) is 3. The maximum atomic E-state index is 7.89. The van der Waals surface area contributed by atoms with Crippen LogP contribution in [0, 0.1) is 0 Å². The molecule has 0 bridgehead atoms. The van der Waals surface area contributed by atoms with Gasteiger partial charge in [-0.05, 0) is 0 Å². The molecule has 5 nitrogen and oxygen atoms in total. The monoisotopic (exact) mass is 226 g/mol. The maximum absolute atomic E-state index is 7.89. The van der Waals surface area contributed by atoms with E-state index in [1.807, 2.05) is 0 Å². The Morgan fingerprint density at radius 2 is 1.12 bits per heavy atom. The fourth-order valence-electron chi connectivity index (χ4n) is 0.0447. The summed E-state index contributed by atoms with van der Waals surface area (Å²) in [6, 6.07) is 0. The minimum atomic E-state index is -4.80. The predicted molar refractivity (Wildman–Crippen MR) is 15.7 cm³/mol. The summed E-state index contributed by atoms with van der Waals surface area (Å²) < 4.78 is 6.76. The first kappa shape index (κ1) is 12.3. The Bertz CT molecular complexity index is 76.2. The van der Waals surface area contributed by atoms with E-state index in [1.54, 1.807) is 0 Å². The van der Waals surface area contributed by atoms with E-state index in [-0.39, 0.29) is 41.2 Å². The van der Waals surface area contributed by atoms with E-state index in [4.69, 9.17) is 14.7 Å². The summed E-state index contributed by atoms with van der Waals surface area (Å²) in [6.07, 6.45) is 0. The average Bonchev–Trinajstić information content (AvgIpc) is 1.73. The molecule has 0 aromatic carbocycles. The quantitative estimate of drug-likeness (QED) is 0.215. The molecule has 1 aliphatic rings. The van der Waals surface area contributed by atoms with Crippen molar-refractivity contribution in [2.45, 2.75) is 0 Å². The van der Waals surface area contributed by atoms with Crippen molar-refractivity contribution in [3.8, 4) is 0 Å². The summed E-state index contributed by atoms with van der Waals surface area (Å²) in [5.41, 5.74) is 0. The Hall–Kier alpha value is 1.57. The third kappa shape index (κ3) is 4.45. The zero-order valence-corrected chi connectivity index (χ0v) is 9.24. The van der Waals surface area contributed by atoms with E-state index in [0.29, 0.717) is 0 Å². The first-order valence-electron chi connectivity index (χ1n) is 1.13. The van der Waals surface area contributed by atoms with E-state index in [2.05, 4.69) is 9.35 Å². The fourth-order valence-corrected chi connectivity index (χ4v) is 0.402. The molecule has 0 aromatic rings. The topological polar surface area (TPSA) is 85.8 Å². The van der Waals surface area contributed by atoms with Crippen LogP contribution in [0.4, 0.5) is 0 Å². The van der Waals surface area contributed by atoms with Gasteiger partial charge in [-0.1, -0.05) is 0 Å². The first-order valence-corrected chi connectivity index (χ1v) is 3.06. The van der Waals surface area contributed by atoms with Crippen LogP contribution in [0.1, 0.15) is 0 Å². The van der Waals surface area contributed by atoms with Gasteiger partial charge in [-0.3, -0.25) is 0 Å². The molecule has 44 valence electrons.